The van der Waals surface area contributed by atoms with Crippen LogP contribution in [0, 0.1) is 6.92 Å². The number of hydrogen-bond acceptors (Lipinski definition) is 4. The molecule has 2 rings (SSSR count). The summed E-state index contributed by atoms with van der Waals surface area (Å²) in [6, 6.07) is 9.03. The first kappa shape index (κ1) is 19.3. The Morgan fingerprint density at radius 3 is 2.76 bits per heavy atom. The summed E-state index contributed by atoms with van der Waals surface area (Å²) in [6.45, 7) is 3.76. The van der Waals surface area contributed by atoms with Gasteiger partial charge >= 0.3 is 5.97 Å². The normalized spacial score (nSPS) is 10.9. The van der Waals surface area contributed by atoms with Crippen molar-refractivity contribution in [1.29, 1.82) is 0 Å². The molecule has 2 aromatic rings. The minimum Gasteiger partial charge on any atom is -0.490 e. The van der Waals surface area contributed by atoms with Crippen molar-refractivity contribution in [3.8, 4) is 11.5 Å². The number of nitrogens with zero attached hydrogens (tertiary/aromatic N) is 1. The topological polar surface area (TPSA) is 68.1 Å². The number of aliphatic imine (C=N–C) groups is 1. The van der Waals surface area contributed by atoms with Gasteiger partial charge in [0.2, 0.25) is 0 Å². The van der Waals surface area contributed by atoms with Gasteiger partial charge in [-0.25, -0.2) is 4.79 Å². The first-order valence-electron chi connectivity index (χ1n) is 7.52. The predicted octanol–water partition coefficient (Wildman–Crippen LogP) is 5.02. The average Bonchev–Trinajstić information content (AvgIpc) is 2.55. The van der Waals surface area contributed by atoms with Gasteiger partial charge in [-0.1, -0.05) is 17.7 Å². The Bertz CT molecular complexity index is 808. The maximum Gasteiger partial charge on any atom is 0.341 e. The number of carboxylic acid groups (broad SMARTS) is 1. The third-order valence-corrected chi connectivity index (χ3v) is 4.02. The van der Waals surface area contributed by atoms with Gasteiger partial charge in [-0.2, -0.15) is 0 Å². The number of rotatable bonds is 7. The van der Waals surface area contributed by atoms with E-state index in [0.717, 1.165) is 16.8 Å². The second kappa shape index (κ2) is 8.87. The molecule has 0 heterocycles. The second-order valence-electron chi connectivity index (χ2n) is 5.13. The van der Waals surface area contributed by atoms with Crippen molar-refractivity contribution in [2.24, 2.45) is 4.99 Å². The highest BCUT2D eigenvalue weighted by atomic mass is 79.9. The summed E-state index contributed by atoms with van der Waals surface area (Å²) in [5, 5.41) is 9.40. The number of aliphatic carboxylic acids is 1. The number of carboxylic acids is 1. The van der Waals surface area contributed by atoms with Gasteiger partial charge in [-0.05, 0) is 65.2 Å². The van der Waals surface area contributed by atoms with Crippen LogP contribution in [0.15, 0.2) is 39.8 Å². The quantitative estimate of drug-likeness (QED) is 0.631. The molecule has 0 aliphatic heterocycles. The minimum absolute atomic E-state index is 0.348. The Morgan fingerprint density at radius 2 is 2.08 bits per heavy atom. The van der Waals surface area contributed by atoms with Crippen LogP contribution in [-0.4, -0.2) is 30.5 Å². The molecule has 0 fully saturated rings. The molecule has 0 radical (unpaired) electrons. The molecule has 0 aliphatic rings. The van der Waals surface area contributed by atoms with Gasteiger partial charge in [0.05, 0.1) is 16.8 Å². The van der Waals surface area contributed by atoms with Crippen LogP contribution in [0.1, 0.15) is 18.1 Å². The zero-order valence-corrected chi connectivity index (χ0v) is 16.1. The molecule has 0 aliphatic carbocycles. The molecule has 0 saturated heterocycles. The van der Waals surface area contributed by atoms with Crippen molar-refractivity contribution in [2.75, 3.05) is 13.2 Å². The molecular formula is C18H17BrClNO4. The summed E-state index contributed by atoms with van der Waals surface area (Å²) in [4.78, 5) is 15.2. The molecule has 0 atom stereocenters. The van der Waals surface area contributed by atoms with E-state index in [1.807, 2.05) is 26.0 Å². The SMILES string of the molecule is CCOc1cc(C=Nc2cc(Cl)ccc2C)cc(Br)c1OCC(=O)O. The molecule has 0 amide bonds. The van der Waals surface area contributed by atoms with Gasteiger partial charge in [0.25, 0.3) is 0 Å². The van der Waals surface area contributed by atoms with Gasteiger partial charge in [-0.3, -0.25) is 4.99 Å². The van der Waals surface area contributed by atoms with Gasteiger partial charge in [0.15, 0.2) is 18.1 Å². The lowest BCUT2D eigenvalue weighted by molar-refractivity contribution is -0.139. The molecule has 5 nitrogen and oxygen atoms in total. The van der Waals surface area contributed by atoms with Crippen molar-refractivity contribution in [3.05, 3.63) is 51.0 Å². The third-order valence-electron chi connectivity index (χ3n) is 3.20. The van der Waals surface area contributed by atoms with Crippen LogP contribution < -0.4 is 9.47 Å². The summed E-state index contributed by atoms with van der Waals surface area (Å²) in [5.41, 5.74) is 2.55. The molecule has 132 valence electrons. The van der Waals surface area contributed by atoms with Crippen LogP contribution in [0.3, 0.4) is 0 Å². The summed E-state index contributed by atoms with van der Waals surface area (Å²) in [6.07, 6.45) is 1.69. The van der Waals surface area contributed by atoms with Gasteiger partial charge < -0.3 is 14.6 Å². The molecule has 0 aromatic heterocycles. The Hall–Kier alpha value is -2.05. The highest BCUT2D eigenvalue weighted by Gasteiger charge is 2.13. The molecule has 0 bridgehead atoms. The van der Waals surface area contributed by atoms with Crippen LogP contribution in [0.4, 0.5) is 5.69 Å². The molecule has 7 heteroatoms. The smallest absolute Gasteiger partial charge is 0.341 e. The van der Waals surface area contributed by atoms with Crippen LogP contribution in [0.25, 0.3) is 0 Å². The number of ether oxygens (including phenoxy) is 2. The number of aryl methyl sites for hydroxylation is 1. The van der Waals surface area contributed by atoms with E-state index in [4.69, 9.17) is 26.2 Å². The fraction of sp³-hybridized carbons (Fsp3) is 0.222. The number of halogens is 2. The van der Waals surface area contributed by atoms with Crippen molar-refractivity contribution in [3.63, 3.8) is 0 Å². The van der Waals surface area contributed by atoms with E-state index in [-0.39, 0.29) is 0 Å². The molecular weight excluding hydrogens is 410 g/mol. The number of hydrogen-bond donors (Lipinski definition) is 1. The Labute approximate surface area is 159 Å². The maximum atomic E-state index is 10.7. The second-order valence-corrected chi connectivity index (χ2v) is 6.43. The Morgan fingerprint density at radius 1 is 1.32 bits per heavy atom. The van der Waals surface area contributed by atoms with Gasteiger partial charge in [0, 0.05) is 11.2 Å². The molecule has 25 heavy (non-hydrogen) atoms. The average molecular weight is 427 g/mol. The minimum atomic E-state index is -1.06. The summed E-state index contributed by atoms with van der Waals surface area (Å²) in [5.74, 6) is -0.265. The number of benzene rings is 2. The zero-order chi connectivity index (χ0) is 18.4. The van der Waals surface area contributed by atoms with Gasteiger partial charge in [-0.15, -0.1) is 0 Å². The van der Waals surface area contributed by atoms with Crippen LogP contribution in [0.2, 0.25) is 5.02 Å². The van der Waals surface area contributed by atoms with Gasteiger partial charge in [0.1, 0.15) is 0 Å². The monoisotopic (exact) mass is 425 g/mol. The first-order chi connectivity index (χ1) is 11.9. The third kappa shape index (κ3) is 5.47. The van der Waals surface area contributed by atoms with Crippen molar-refractivity contribution in [1.82, 2.24) is 0 Å². The fourth-order valence-electron chi connectivity index (χ4n) is 2.07. The van der Waals surface area contributed by atoms with E-state index in [2.05, 4.69) is 20.9 Å². The van der Waals surface area contributed by atoms with E-state index in [0.29, 0.717) is 27.6 Å². The predicted molar refractivity (Wildman–Crippen MR) is 102 cm³/mol. The van der Waals surface area contributed by atoms with Crippen LogP contribution in [-0.2, 0) is 4.79 Å². The summed E-state index contributed by atoms with van der Waals surface area (Å²) in [7, 11) is 0. The van der Waals surface area contributed by atoms with E-state index >= 15 is 0 Å². The summed E-state index contributed by atoms with van der Waals surface area (Å²) < 4.78 is 11.4. The van der Waals surface area contributed by atoms with Crippen molar-refractivity contribution in [2.45, 2.75) is 13.8 Å². The Kier molecular flexibility index (Phi) is 6.84. The lowest BCUT2D eigenvalue weighted by Gasteiger charge is -2.13. The van der Waals surface area contributed by atoms with E-state index < -0.39 is 12.6 Å². The number of carbonyl (C=O) groups is 1. The van der Waals surface area contributed by atoms with Crippen LogP contribution >= 0.6 is 27.5 Å². The lowest BCUT2D eigenvalue weighted by Crippen LogP contribution is -2.11. The highest BCUT2D eigenvalue weighted by molar-refractivity contribution is 9.10. The lowest BCUT2D eigenvalue weighted by atomic mass is 10.2. The molecule has 0 spiro atoms. The van der Waals surface area contributed by atoms with Crippen molar-refractivity contribution >= 4 is 45.4 Å². The Balaban J connectivity index is 2.33. The highest BCUT2D eigenvalue weighted by Crippen LogP contribution is 2.36. The maximum absolute atomic E-state index is 10.7. The molecule has 0 saturated carbocycles. The largest absolute Gasteiger partial charge is 0.490 e. The van der Waals surface area contributed by atoms with Crippen LogP contribution in [0.5, 0.6) is 11.5 Å². The van der Waals surface area contributed by atoms with E-state index in [1.54, 1.807) is 24.4 Å². The van der Waals surface area contributed by atoms with Crippen molar-refractivity contribution < 1.29 is 19.4 Å². The molecule has 0 unspecified atom stereocenters. The summed E-state index contributed by atoms with van der Waals surface area (Å²) >= 11 is 9.40. The van der Waals surface area contributed by atoms with E-state index in [1.165, 1.54) is 0 Å². The zero-order valence-electron chi connectivity index (χ0n) is 13.8. The van der Waals surface area contributed by atoms with E-state index in [9.17, 15) is 4.79 Å². The molecule has 2 aromatic carbocycles. The molecule has 1 N–H and O–H groups in total. The first-order valence-corrected chi connectivity index (χ1v) is 8.69. The fourth-order valence-corrected chi connectivity index (χ4v) is 2.81. The standard InChI is InChI=1S/C18H17BrClNO4/c1-3-24-16-7-12(6-14(19)18(16)25-10-17(22)23)9-21-15-8-13(20)5-4-11(15)2/h4-9H,3,10H2,1-2H3,(H,22,23).